The summed E-state index contributed by atoms with van der Waals surface area (Å²) in [5.74, 6) is -0.136. The maximum absolute atomic E-state index is 13.1. The maximum atomic E-state index is 13.1. The van der Waals surface area contributed by atoms with Gasteiger partial charge in [-0.3, -0.25) is 4.79 Å². The highest BCUT2D eigenvalue weighted by atomic mass is 16.7. The van der Waals surface area contributed by atoms with Gasteiger partial charge in [-0.2, -0.15) is 0 Å². The molecule has 9 nitrogen and oxygen atoms in total. The third-order valence-corrected chi connectivity index (χ3v) is 14.7. The molecule has 1 saturated heterocycles. The maximum Gasteiger partial charge on any atom is 0.220 e. The number of aliphatic hydroxyl groups excluding tert-OH is 5. The number of carbonyl (C=O) groups excluding carboxylic acids is 1. The van der Waals surface area contributed by atoms with Crippen molar-refractivity contribution in [1.29, 1.82) is 0 Å². The summed E-state index contributed by atoms with van der Waals surface area (Å²) in [6.45, 7) is 3.88. The first-order chi connectivity index (χ1) is 32.8. The molecule has 0 aromatic carbocycles. The van der Waals surface area contributed by atoms with Gasteiger partial charge in [0.05, 0.1) is 25.4 Å². The van der Waals surface area contributed by atoms with Crippen molar-refractivity contribution >= 4 is 5.91 Å². The first-order valence-electron chi connectivity index (χ1n) is 29.7. The zero-order valence-electron chi connectivity index (χ0n) is 44.4. The van der Waals surface area contributed by atoms with Crippen LogP contribution in [0.4, 0.5) is 0 Å². The van der Waals surface area contributed by atoms with Crippen LogP contribution in [0, 0.1) is 0 Å². The van der Waals surface area contributed by atoms with Crippen LogP contribution in [0.2, 0.25) is 0 Å². The lowest BCUT2D eigenvalue weighted by Gasteiger charge is -2.40. The molecule has 0 radical (unpaired) electrons. The molecule has 0 spiro atoms. The number of amides is 1. The van der Waals surface area contributed by atoms with E-state index in [-0.39, 0.29) is 12.5 Å². The molecule has 6 N–H and O–H groups in total. The summed E-state index contributed by atoms with van der Waals surface area (Å²) in [6, 6.07) is -0.713. The largest absolute Gasteiger partial charge is 0.394 e. The fraction of sp³-hybridized carbons (Fsp3) is 0.983. The summed E-state index contributed by atoms with van der Waals surface area (Å²) < 4.78 is 11.3. The van der Waals surface area contributed by atoms with Crippen molar-refractivity contribution < 1.29 is 39.8 Å². The van der Waals surface area contributed by atoms with Crippen LogP contribution in [0.3, 0.4) is 0 Å². The Hall–Kier alpha value is -0.810. The van der Waals surface area contributed by atoms with Gasteiger partial charge in [-0.25, -0.2) is 0 Å². The Morgan fingerprint density at radius 2 is 0.746 bits per heavy atom. The predicted octanol–water partition coefficient (Wildman–Crippen LogP) is 14.6. The summed E-state index contributed by atoms with van der Waals surface area (Å²) in [4.78, 5) is 13.1. The molecule has 67 heavy (non-hydrogen) atoms. The Balaban J connectivity index is 2.10. The highest BCUT2D eigenvalue weighted by Crippen LogP contribution is 2.23. The molecule has 1 aliphatic heterocycles. The molecule has 400 valence electrons. The summed E-state index contributed by atoms with van der Waals surface area (Å²) in [5, 5.41) is 54.6. The minimum absolute atomic E-state index is 0.131. The van der Waals surface area contributed by atoms with Crippen molar-refractivity contribution in [3.05, 3.63) is 0 Å². The normalized spacial score (nSPS) is 19.5. The molecular weight excluding hydrogens is 839 g/mol. The number of unbranched alkanes of at least 4 members (excludes halogenated alkanes) is 42. The lowest BCUT2D eigenvalue weighted by molar-refractivity contribution is -0.302. The van der Waals surface area contributed by atoms with E-state index < -0.39 is 49.5 Å². The van der Waals surface area contributed by atoms with Crippen LogP contribution in [0.15, 0.2) is 0 Å². The van der Waals surface area contributed by atoms with Gasteiger partial charge in [0, 0.05) is 6.42 Å². The second kappa shape index (κ2) is 48.8. The van der Waals surface area contributed by atoms with Gasteiger partial charge in [-0.15, -0.1) is 0 Å². The first-order valence-corrected chi connectivity index (χ1v) is 29.7. The van der Waals surface area contributed by atoms with Crippen LogP contribution >= 0.6 is 0 Å². The second-order valence-corrected chi connectivity index (χ2v) is 21.2. The van der Waals surface area contributed by atoms with Crippen molar-refractivity contribution in [3.63, 3.8) is 0 Å². The van der Waals surface area contributed by atoms with Crippen LogP contribution in [0.1, 0.15) is 309 Å². The zero-order chi connectivity index (χ0) is 48.7. The molecule has 2 unspecified atom stereocenters. The number of nitrogens with one attached hydrogen (secondary N) is 1. The average molecular weight is 955 g/mol. The summed E-state index contributed by atoms with van der Waals surface area (Å²) in [5.41, 5.74) is 0. The molecule has 0 saturated carbocycles. The fourth-order valence-electron chi connectivity index (χ4n) is 9.99. The first kappa shape index (κ1) is 64.2. The van der Waals surface area contributed by atoms with Crippen LogP contribution in [-0.2, 0) is 14.3 Å². The monoisotopic (exact) mass is 954 g/mol. The van der Waals surface area contributed by atoms with Gasteiger partial charge < -0.3 is 40.3 Å². The predicted molar refractivity (Wildman–Crippen MR) is 281 cm³/mol. The number of rotatable bonds is 52. The van der Waals surface area contributed by atoms with E-state index in [2.05, 4.69) is 19.2 Å². The fourth-order valence-corrected chi connectivity index (χ4v) is 9.99. The second-order valence-electron chi connectivity index (χ2n) is 21.2. The van der Waals surface area contributed by atoms with E-state index in [9.17, 15) is 30.3 Å². The van der Waals surface area contributed by atoms with Crippen molar-refractivity contribution in [3.8, 4) is 0 Å². The van der Waals surface area contributed by atoms with Gasteiger partial charge in [0.25, 0.3) is 0 Å². The van der Waals surface area contributed by atoms with Crippen molar-refractivity contribution in [2.75, 3.05) is 13.2 Å². The lowest BCUT2D eigenvalue weighted by atomic mass is 9.99. The van der Waals surface area contributed by atoms with E-state index in [1.807, 2.05) is 0 Å². The molecule has 0 aromatic heterocycles. The number of hydrogen-bond donors (Lipinski definition) is 6. The van der Waals surface area contributed by atoms with E-state index >= 15 is 0 Å². The number of aliphatic hydroxyl groups is 5. The van der Waals surface area contributed by atoms with Crippen molar-refractivity contribution in [2.45, 2.75) is 352 Å². The number of hydrogen-bond acceptors (Lipinski definition) is 8. The Bertz CT molecular complexity index is 1020. The Morgan fingerprint density at radius 3 is 1.06 bits per heavy atom. The van der Waals surface area contributed by atoms with Crippen LogP contribution < -0.4 is 5.32 Å². The molecular formula is C58H115NO8. The standard InChI is InChI=1S/C58H115NO8/c1-3-5-7-9-11-13-15-17-19-20-21-22-23-24-25-26-27-28-29-30-31-32-33-34-36-38-40-42-44-46-48-54(62)59-51(50-66-58-57(65)56(64)55(63)53(49-60)67-58)52(61)47-45-43-41-39-37-35-18-16-14-12-10-8-6-4-2/h51-53,55-58,60-61,63-65H,3-50H2,1-2H3,(H,59,62)/t51-,52+,53+,55+,56?,57?,58+/m0/s1. The van der Waals surface area contributed by atoms with Gasteiger partial charge >= 0.3 is 0 Å². The van der Waals surface area contributed by atoms with Gasteiger partial charge in [-0.05, 0) is 12.8 Å². The molecule has 0 aromatic rings. The lowest BCUT2D eigenvalue weighted by Crippen LogP contribution is -2.60. The smallest absolute Gasteiger partial charge is 0.220 e. The highest BCUT2D eigenvalue weighted by molar-refractivity contribution is 5.76. The molecule has 1 fully saturated rings. The van der Waals surface area contributed by atoms with Crippen LogP contribution in [-0.4, -0.2) is 87.5 Å². The Kier molecular flexibility index (Phi) is 46.8. The van der Waals surface area contributed by atoms with Crippen molar-refractivity contribution in [2.24, 2.45) is 0 Å². The average Bonchev–Trinajstić information content (AvgIpc) is 3.33. The van der Waals surface area contributed by atoms with Gasteiger partial charge in [0.1, 0.15) is 24.4 Å². The molecule has 0 aliphatic carbocycles. The number of ether oxygens (including phenoxy) is 2. The third kappa shape index (κ3) is 38.5. The molecule has 0 bridgehead atoms. The summed E-state index contributed by atoms with van der Waals surface area (Å²) >= 11 is 0. The highest BCUT2D eigenvalue weighted by Gasteiger charge is 2.44. The molecule has 1 rings (SSSR count). The summed E-state index contributed by atoms with van der Waals surface area (Å²) in [6.07, 6.45) is 51.5. The number of carbonyl (C=O) groups is 1. The van der Waals surface area contributed by atoms with Crippen LogP contribution in [0.5, 0.6) is 0 Å². The van der Waals surface area contributed by atoms with E-state index in [4.69, 9.17) is 9.47 Å². The van der Waals surface area contributed by atoms with E-state index in [1.54, 1.807) is 0 Å². The topological polar surface area (TPSA) is 149 Å². The Morgan fingerprint density at radius 1 is 0.448 bits per heavy atom. The van der Waals surface area contributed by atoms with E-state index in [0.717, 1.165) is 38.5 Å². The van der Waals surface area contributed by atoms with Crippen molar-refractivity contribution in [1.82, 2.24) is 5.32 Å². The van der Waals surface area contributed by atoms with Gasteiger partial charge in [0.15, 0.2) is 6.29 Å². The van der Waals surface area contributed by atoms with E-state index in [0.29, 0.717) is 12.8 Å². The molecule has 7 atom stereocenters. The molecule has 1 amide bonds. The van der Waals surface area contributed by atoms with Gasteiger partial charge in [0.2, 0.25) is 5.91 Å². The zero-order valence-corrected chi connectivity index (χ0v) is 44.4. The molecule has 1 aliphatic rings. The SMILES string of the molecule is CCCCCCCCCCCCCCCCCCCCCCCCCCCCCCCCC(=O)N[C@@H](CO[C@@H]1O[C@H](CO)[C@@H](O)C(O)C1O)[C@H](O)CCCCCCCCCCCCCCCC. The van der Waals surface area contributed by atoms with Gasteiger partial charge in [-0.1, -0.05) is 290 Å². The van der Waals surface area contributed by atoms with Crippen LogP contribution in [0.25, 0.3) is 0 Å². The van der Waals surface area contributed by atoms with E-state index in [1.165, 1.54) is 244 Å². The summed E-state index contributed by atoms with van der Waals surface area (Å²) in [7, 11) is 0. The molecule has 1 heterocycles. The minimum Gasteiger partial charge on any atom is -0.394 e. The quantitative estimate of drug-likeness (QED) is 0.0330. The molecule has 9 heteroatoms. The third-order valence-electron chi connectivity index (χ3n) is 14.7. The minimum atomic E-state index is -1.55. The Labute approximate surface area is 414 Å².